The molecular formula is C23H25N5O. The predicted molar refractivity (Wildman–Crippen MR) is 115 cm³/mol. The number of aromatic nitrogens is 2. The van der Waals surface area contributed by atoms with Gasteiger partial charge in [0, 0.05) is 38.9 Å². The van der Waals surface area contributed by atoms with Crippen LogP contribution < -0.4 is 15.1 Å². The number of benzene rings is 1. The monoisotopic (exact) mass is 387 g/mol. The summed E-state index contributed by atoms with van der Waals surface area (Å²) in [6, 6.07) is 17.8. The van der Waals surface area contributed by atoms with Crippen molar-refractivity contribution in [2.75, 3.05) is 36.0 Å². The van der Waals surface area contributed by atoms with Gasteiger partial charge in [-0.15, -0.1) is 0 Å². The zero-order chi connectivity index (χ0) is 20.1. The Bertz CT molecular complexity index is 951. The fourth-order valence-electron chi connectivity index (χ4n) is 3.52. The normalized spacial score (nSPS) is 14.0. The van der Waals surface area contributed by atoms with Crippen molar-refractivity contribution in [1.82, 2.24) is 15.3 Å². The lowest BCUT2D eigenvalue weighted by Crippen LogP contribution is -2.46. The van der Waals surface area contributed by atoms with Gasteiger partial charge in [-0.05, 0) is 42.3 Å². The first-order valence-corrected chi connectivity index (χ1v) is 9.90. The van der Waals surface area contributed by atoms with Gasteiger partial charge in [0.15, 0.2) is 0 Å². The number of piperazine rings is 1. The first-order chi connectivity index (χ1) is 14.2. The number of pyridine rings is 2. The summed E-state index contributed by atoms with van der Waals surface area (Å²) in [5.74, 6) is 0.866. The lowest BCUT2D eigenvalue weighted by atomic mass is 10.1. The summed E-state index contributed by atoms with van der Waals surface area (Å²) >= 11 is 0. The minimum atomic E-state index is -0.153. The maximum atomic E-state index is 12.4. The molecule has 0 atom stereocenters. The van der Waals surface area contributed by atoms with E-state index in [2.05, 4.69) is 25.1 Å². The number of nitrogens with zero attached hydrogens (tertiary/aromatic N) is 4. The van der Waals surface area contributed by atoms with Crippen LogP contribution in [0.1, 0.15) is 21.6 Å². The molecule has 0 radical (unpaired) electrons. The quantitative estimate of drug-likeness (QED) is 0.729. The molecule has 0 spiro atoms. The zero-order valence-corrected chi connectivity index (χ0v) is 16.6. The molecule has 1 fully saturated rings. The van der Waals surface area contributed by atoms with Crippen molar-refractivity contribution >= 4 is 17.4 Å². The molecule has 0 aliphatic carbocycles. The number of rotatable bonds is 5. The number of carbonyl (C=O) groups excluding carboxylic acids is 1. The third-order valence-corrected chi connectivity index (χ3v) is 5.30. The molecule has 1 N–H and O–H groups in total. The van der Waals surface area contributed by atoms with Crippen molar-refractivity contribution in [3.63, 3.8) is 0 Å². The average Bonchev–Trinajstić information content (AvgIpc) is 2.79. The molecule has 1 aliphatic rings. The lowest BCUT2D eigenvalue weighted by Gasteiger charge is -2.36. The van der Waals surface area contributed by atoms with Gasteiger partial charge in [-0.1, -0.05) is 30.3 Å². The summed E-state index contributed by atoms with van der Waals surface area (Å²) in [5.41, 5.74) is 3.76. The molecule has 6 heteroatoms. The minimum absolute atomic E-state index is 0.153. The smallest absolute Gasteiger partial charge is 0.270 e. The Morgan fingerprint density at radius 2 is 1.69 bits per heavy atom. The fourth-order valence-corrected chi connectivity index (χ4v) is 3.52. The van der Waals surface area contributed by atoms with Crippen molar-refractivity contribution in [2.45, 2.75) is 13.5 Å². The van der Waals surface area contributed by atoms with Crippen molar-refractivity contribution in [1.29, 1.82) is 0 Å². The molecule has 3 heterocycles. The number of anilines is 2. The van der Waals surface area contributed by atoms with Crippen LogP contribution in [0.25, 0.3) is 0 Å². The van der Waals surface area contributed by atoms with Crippen LogP contribution in [0.4, 0.5) is 11.5 Å². The van der Waals surface area contributed by atoms with E-state index in [4.69, 9.17) is 0 Å². The Labute approximate surface area is 171 Å². The molecule has 148 valence electrons. The number of carbonyl (C=O) groups is 1. The summed E-state index contributed by atoms with van der Waals surface area (Å²) in [6.45, 7) is 6.17. The Kier molecular flexibility index (Phi) is 5.70. The highest BCUT2D eigenvalue weighted by atomic mass is 16.1. The Balaban J connectivity index is 1.32. The molecule has 0 bridgehead atoms. The second-order valence-electron chi connectivity index (χ2n) is 7.17. The van der Waals surface area contributed by atoms with Gasteiger partial charge < -0.3 is 15.1 Å². The summed E-state index contributed by atoms with van der Waals surface area (Å²) < 4.78 is 0. The molecule has 1 aromatic carbocycles. The van der Waals surface area contributed by atoms with Gasteiger partial charge in [0.05, 0.1) is 11.9 Å². The molecule has 0 unspecified atom stereocenters. The van der Waals surface area contributed by atoms with Crippen LogP contribution >= 0.6 is 0 Å². The van der Waals surface area contributed by atoms with Crippen LogP contribution in [-0.2, 0) is 6.54 Å². The molecule has 6 nitrogen and oxygen atoms in total. The zero-order valence-electron chi connectivity index (χ0n) is 16.6. The van der Waals surface area contributed by atoms with Crippen molar-refractivity contribution in [3.8, 4) is 0 Å². The van der Waals surface area contributed by atoms with E-state index in [-0.39, 0.29) is 5.91 Å². The highest BCUT2D eigenvalue weighted by molar-refractivity contribution is 5.92. The Hall–Kier alpha value is -3.41. The molecule has 4 rings (SSSR count). The van der Waals surface area contributed by atoms with E-state index in [1.54, 1.807) is 12.3 Å². The van der Waals surface area contributed by atoms with Crippen LogP contribution in [0, 0.1) is 6.92 Å². The van der Waals surface area contributed by atoms with E-state index in [0.29, 0.717) is 12.2 Å². The first kappa shape index (κ1) is 18.9. The number of nitrogens with one attached hydrogen (secondary N) is 1. The first-order valence-electron chi connectivity index (χ1n) is 9.90. The molecule has 29 heavy (non-hydrogen) atoms. The number of hydrogen-bond donors (Lipinski definition) is 1. The van der Waals surface area contributed by atoms with E-state index < -0.39 is 0 Å². The topological polar surface area (TPSA) is 61.4 Å². The number of amides is 1. The summed E-state index contributed by atoms with van der Waals surface area (Å²) in [7, 11) is 0. The summed E-state index contributed by atoms with van der Waals surface area (Å²) in [5, 5.41) is 2.95. The van der Waals surface area contributed by atoms with E-state index in [1.807, 2.05) is 61.7 Å². The Morgan fingerprint density at radius 3 is 2.38 bits per heavy atom. The van der Waals surface area contributed by atoms with Gasteiger partial charge in [-0.25, -0.2) is 9.97 Å². The third-order valence-electron chi connectivity index (χ3n) is 5.30. The molecule has 0 saturated carbocycles. The third kappa shape index (κ3) is 4.54. The largest absolute Gasteiger partial charge is 0.367 e. The van der Waals surface area contributed by atoms with E-state index in [1.165, 1.54) is 5.56 Å². The maximum Gasteiger partial charge on any atom is 0.270 e. The molecule has 1 aliphatic heterocycles. The van der Waals surface area contributed by atoms with Crippen molar-refractivity contribution in [3.05, 3.63) is 83.8 Å². The van der Waals surface area contributed by atoms with Gasteiger partial charge in [0.2, 0.25) is 0 Å². The van der Waals surface area contributed by atoms with E-state index >= 15 is 0 Å². The standard InChI is InChI=1S/C23H25N5O/c1-18-6-2-3-7-19(18)16-26-23(29)21-10-9-20(17-25-21)27-12-14-28(15-13-27)22-8-4-5-11-24-22/h2-11,17H,12-16H2,1H3,(H,26,29). The lowest BCUT2D eigenvalue weighted by molar-refractivity contribution is 0.0946. The number of hydrogen-bond acceptors (Lipinski definition) is 5. The second kappa shape index (κ2) is 8.73. The second-order valence-corrected chi connectivity index (χ2v) is 7.17. The summed E-state index contributed by atoms with van der Waals surface area (Å²) in [4.78, 5) is 25.8. The van der Waals surface area contributed by atoms with Crippen LogP contribution in [0.5, 0.6) is 0 Å². The Morgan fingerprint density at radius 1 is 0.931 bits per heavy atom. The predicted octanol–water partition coefficient (Wildman–Crippen LogP) is 3.04. The van der Waals surface area contributed by atoms with Gasteiger partial charge in [0.25, 0.3) is 5.91 Å². The average molecular weight is 387 g/mol. The van der Waals surface area contributed by atoms with Gasteiger partial charge in [-0.3, -0.25) is 4.79 Å². The SMILES string of the molecule is Cc1ccccc1CNC(=O)c1ccc(N2CCN(c3ccccn3)CC2)cn1. The molecular weight excluding hydrogens is 362 g/mol. The highest BCUT2D eigenvalue weighted by Gasteiger charge is 2.18. The van der Waals surface area contributed by atoms with Gasteiger partial charge in [-0.2, -0.15) is 0 Å². The maximum absolute atomic E-state index is 12.4. The molecule has 1 amide bonds. The van der Waals surface area contributed by atoms with Crippen LogP contribution in [0.2, 0.25) is 0 Å². The molecule has 3 aromatic rings. The van der Waals surface area contributed by atoms with Crippen molar-refractivity contribution < 1.29 is 4.79 Å². The van der Waals surface area contributed by atoms with E-state index in [9.17, 15) is 4.79 Å². The minimum Gasteiger partial charge on any atom is -0.367 e. The highest BCUT2D eigenvalue weighted by Crippen LogP contribution is 2.18. The molecule has 2 aromatic heterocycles. The molecule has 1 saturated heterocycles. The fraction of sp³-hybridized carbons (Fsp3) is 0.261. The summed E-state index contributed by atoms with van der Waals surface area (Å²) in [6.07, 6.45) is 3.62. The van der Waals surface area contributed by atoms with E-state index in [0.717, 1.165) is 43.2 Å². The van der Waals surface area contributed by atoms with Crippen LogP contribution in [0.15, 0.2) is 67.0 Å². The van der Waals surface area contributed by atoms with Gasteiger partial charge >= 0.3 is 0 Å². The number of aryl methyl sites for hydroxylation is 1. The van der Waals surface area contributed by atoms with Gasteiger partial charge in [0.1, 0.15) is 11.5 Å². The van der Waals surface area contributed by atoms with Crippen molar-refractivity contribution in [2.24, 2.45) is 0 Å². The van der Waals surface area contributed by atoms with Crippen LogP contribution in [-0.4, -0.2) is 42.1 Å². The van der Waals surface area contributed by atoms with Crippen LogP contribution in [0.3, 0.4) is 0 Å².